The van der Waals surface area contributed by atoms with Gasteiger partial charge in [0.1, 0.15) is 0 Å². The van der Waals surface area contributed by atoms with Crippen molar-refractivity contribution in [1.82, 2.24) is 10.2 Å². The van der Waals surface area contributed by atoms with Gasteiger partial charge in [-0.3, -0.25) is 9.59 Å². The molecule has 4 nitrogen and oxygen atoms in total. The van der Waals surface area contributed by atoms with Gasteiger partial charge in [0.25, 0.3) is 5.91 Å². The Morgan fingerprint density at radius 3 is 2.05 bits per heavy atom. The molecule has 0 spiro atoms. The lowest BCUT2D eigenvalue weighted by atomic mass is 9.91. The van der Waals surface area contributed by atoms with Crippen molar-refractivity contribution in [1.29, 1.82) is 0 Å². The SMILES string of the molecule is CCCCC(CCCC)C(=O)C(=O)N(C)CCNC. The summed E-state index contributed by atoms with van der Waals surface area (Å²) in [6.07, 6.45) is 5.88. The molecule has 0 atom stereocenters. The maximum Gasteiger partial charge on any atom is 0.290 e. The molecule has 0 aliphatic carbocycles. The fraction of sp³-hybridized carbons (Fsp3) is 0.867. The Balaban J connectivity index is 4.44. The van der Waals surface area contributed by atoms with E-state index in [1.165, 1.54) is 4.90 Å². The van der Waals surface area contributed by atoms with Gasteiger partial charge in [0, 0.05) is 26.1 Å². The summed E-state index contributed by atoms with van der Waals surface area (Å²) >= 11 is 0. The third kappa shape index (κ3) is 7.31. The van der Waals surface area contributed by atoms with Crippen LogP contribution in [0.4, 0.5) is 0 Å². The Labute approximate surface area is 117 Å². The first kappa shape index (κ1) is 18.1. The number of carbonyl (C=O) groups is 2. The zero-order valence-electron chi connectivity index (χ0n) is 13.0. The number of nitrogens with zero attached hydrogens (tertiary/aromatic N) is 1. The topological polar surface area (TPSA) is 49.4 Å². The highest BCUT2D eigenvalue weighted by Gasteiger charge is 2.26. The van der Waals surface area contributed by atoms with Crippen molar-refractivity contribution in [3.63, 3.8) is 0 Å². The fourth-order valence-corrected chi connectivity index (χ4v) is 2.05. The van der Waals surface area contributed by atoms with E-state index in [-0.39, 0.29) is 17.6 Å². The van der Waals surface area contributed by atoms with E-state index in [0.29, 0.717) is 13.1 Å². The molecule has 0 saturated heterocycles. The molecule has 0 saturated carbocycles. The fourth-order valence-electron chi connectivity index (χ4n) is 2.05. The van der Waals surface area contributed by atoms with E-state index in [9.17, 15) is 9.59 Å². The van der Waals surface area contributed by atoms with Gasteiger partial charge in [0.15, 0.2) is 0 Å². The summed E-state index contributed by atoms with van der Waals surface area (Å²) < 4.78 is 0. The van der Waals surface area contributed by atoms with Gasteiger partial charge in [0.2, 0.25) is 5.78 Å². The summed E-state index contributed by atoms with van der Waals surface area (Å²) in [6, 6.07) is 0. The van der Waals surface area contributed by atoms with E-state index in [2.05, 4.69) is 19.2 Å². The average molecular weight is 270 g/mol. The van der Waals surface area contributed by atoms with Crippen molar-refractivity contribution >= 4 is 11.7 Å². The second kappa shape index (κ2) is 11.0. The molecule has 0 aromatic heterocycles. The zero-order valence-corrected chi connectivity index (χ0v) is 13.0. The van der Waals surface area contributed by atoms with E-state index < -0.39 is 0 Å². The summed E-state index contributed by atoms with van der Waals surface area (Å²) in [5, 5.41) is 2.99. The molecule has 4 heteroatoms. The Kier molecular flexibility index (Phi) is 10.5. The number of unbranched alkanes of at least 4 members (excludes halogenated alkanes) is 2. The molecular formula is C15H30N2O2. The number of likely N-dealkylation sites (N-methyl/N-ethyl adjacent to an activating group) is 2. The lowest BCUT2D eigenvalue weighted by Gasteiger charge is -2.20. The van der Waals surface area contributed by atoms with E-state index in [0.717, 1.165) is 38.5 Å². The van der Waals surface area contributed by atoms with Crippen molar-refractivity contribution in [3.8, 4) is 0 Å². The molecule has 0 radical (unpaired) electrons. The first-order valence-corrected chi connectivity index (χ1v) is 7.52. The summed E-state index contributed by atoms with van der Waals surface area (Å²) in [5.41, 5.74) is 0. The van der Waals surface area contributed by atoms with E-state index >= 15 is 0 Å². The quantitative estimate of drug-likeness (QED) is 0.586. The molecule has 0 aliphatic rings. The lowest BCUT2D eigenvalue weighted by Crippen LogP contribution is -2.40. The summed E-state index contributed by atoms with van der Waals surface area (Å²) in [7, 11) is 3.54. The van der Waals surface area contributed by atoms with Gasteiger partial charge >= 0.3 is 0 Å². The van der Waals surface area contributed by atoms with Gasteiger partial charge in [0.05, 0.1) is 0 Å². The summed E-state index contributed by atoms with van der Waals surface area (Å²) in [4.78, 5) is 25.8. The molecule has 0 aliphatic heterocycles. The van der Waals surface area contributed by atoms with Crippen LogP contribution in [-0.2, 0) is 9.59 Å². The zero-order chi connectivity index (χ0) is 14.7. The predicted octanol–water partition coefficient (Wildman–Crippen LogP) is 2.23. The molecule has 1 amide bonds. The molecule has 0 fully saturated rings. The molecule has 112 valence electrons. The smallest absolute Gasteiger partial charge is 0.290 e. The van der Waals surface area contributed by atoms with Gasteiger partial charge in [-0.2, -0.15) is 0 Å². The van der Waals surface area contributed by atoms with Gasteiger partial charge < -0.3 is 10.2 Å². The molecule has 0 bridgehead atoms. The third-order valence-electron chi connectivity index (χ3n) is 3.44. The highest BCUT2D eigenvalue weighted by Crippen LogP contribution is 2.18. The van der Waals surface area contributed by atoms with Gasteiger partial charge in [-0.25, -0.2) is 0 Å². The molecule has 0 unspecified atom stereocenters. The predicted molar refractivity (Wildman–Crippen MR) is 79.1 cm³/mol. The minimum Gasteiger partial charge on any atom is -0.338 e. The van der Waals surface area contributed by atoms with E-state index in [1.54, 1.807) is 7.05 Å². The second-order valence-corrected chi connectivity index (χ2v) is 5.18. The van der Waals surface area contributed by atoms with Crippen molar-refractivity contribution in [2.45, 2.75) is 52.4 Å². The number of hydrogen-bond donors (Lipinski definition) is 1. The van der Waals surface area contributed by atoms with E-state index in [4.69, 9.17) is 0 Å². The first-order valence-electron chi connectivity index (χ1n) is 7.52. The number of carbonyl (C=O) groups excluding carboxylic acids is 2. The minimum atomic E-state index is -0.326. The van der Waals surface area contributed by atoms with Crippen LogP contribution in [0, 0.1) is 5.92 Å². The monoisotopic (exact) mass is 270 g/mol. The van der Waals surface area contributed by atoms with Crippen LogP contribution in [0.1, 0.15) is 52.4 Å². The standard InChI is InChI=1S/C15H30N2O2/c1-5-7-9-13(10-8-6-2)14(18)15(19)17(4)12-11-16-3/h13,16H,5-12H2,1-4H3. The molecule has 0 rings (SSSR count). The van der Waals surface area contributed by atoms with Crippen LogP contribution >= 0.6 is 0 Å². The lowest BCUT2D eigenvalue weighted by molar-refractivity contribution is -0.146. The highest BCUT2D eigenvalue weighted by atomic mass is 16.2. The average Bonchev–Trinajstić information content (AvgIpc) is 2.43. The largest absolute Gasteiger partial charge is 0.338 e. The Morgan fingerprint density at radius 2 is 1.63 bits per heavy atom. The van der Waals surface area contributed by atoms with Crippen molar-refractivity contribution in [2.75, 3.05) is 27.2 Å². The van der Waals surface area contributed by atoms with Crippen molar-refractivity contribution < 1.29 is 9.59 Å². The number of rotatable bonds is 11. The number of amides is 1. The molecule has 1 N–H and O–H groups in total. The molecule has 0 aromatic carbocycles. The summed E-state index contributed by atoms with van der Waals surface area (Å²) in [6.45, 7) is 5.52. The Morgan fingerprint density at radius 1 is 1.11 bits per heavy atom. The Bertz CT molecular complexity index is 259. The van der Waals surface area contributed by atoms with Gasteiger partial charge in [-0.1, -0.05) is 39.5 Å². The van der Waals surface area contributed by atoms with E-state index in [1.807, 2.05) is 7.05 Å². The molecular weight excluding hydrogens is 240 g/mol. The maximum absolute atomic E-state index is 12.2. The van der Waals surface area contributed by atoms with Crippen LogP contribution < -0.4 is 5.32 Å². The van der Waals surface area contributed by atoms with Crippen LogP contribution in [0.3, 0.4) is 0 Å². The van der Waals surface area contributed by atoms with Gasteiger partial charge in [-0.05, 0) is 19.9 Å². The summed E-state index contributed by atoms with van der Waals surface area (Å²) in [5.74, 6) is -0.600. The first-order chi connectivity index (χ1) is 9.08. The molecule has 0 aromatic rings. The van der Waals surface area contributed by atoms with Crippen LogP contribution in [0.15, 0.2) is 0 Å². The highest BCUT2D eigenvalue weighted by molar-refractivity contribution is 6.36. The Hall–Kier alpha value is -0.900. The van der Waals surface area contributed by atoms with Crippen molar-refractivity contribution in [2.24, 2.45) is 5.92 Å². The van der Waals surface area contributed by atoms with Crippen LogP contribution in [0.5, 0.6) is 0 Å². The van der Waals surface area contributed by atoms with Crippen LogP contribution in [0.2, 0.25) is 0 Å². The minimum absolute atomic E-state index is 0.0792. The number of ketones is 1. The van der Waals surface area contributed by atoms with Crippen molar-refractivity contribution in [3.05, 3.63) is 0 Å². The maximum atomic E-state index is 12.2. The normalized spacial score (nSPS) is 10.8. The number of Topliss-reactive ketones (excluding diaryl/α,β-unsaturated/α-hetero) is 1. The van der Waals surface area contributed by atoms with Crippen LogP contribution in [-0.4, -0.2) is 43.8 Å². The molecule has 0 heterocycles. The number of nitrogens with one attached hydrogen (secondary N) is 1. The molecule has 19 heavy (non-hydrogen) atoms. The van der Waals surface area contributed by atoms with Gasteiger partial charge in [-0.15, -0.1) is 0 Å². The van der Waals surface area contributed by atoms with Crippen LogP contribution in [0.25, 0.3) is 0 Å². The second-order valence-electron chi connectivity index (χ2n) is 5.18. The third-order valence-corrected chi connectivity index (χ3v) is 3.44. The number of hydrogen-bond acceptors (Lipinski definition) is 3.